The molecule has 0 atom stereocenters. The maximum atomic E-state index is 12.3. The zero-order valence-corrected chi connectivity index (χ0v) is 10.1. The quantitative estimate of drug-likeness (QED) is 0.813. The first kappa shape index (κ1) is 11.5. The molecule has 0 amide bonds. The van der Waals surface area contributed by atoms with E-state index in [0.29, 0.717) is 43.1 Å². The van der Waals surface area contributed by atoms with E-state index in [9.17, 15) is 9.90 Å². The molecule has 0 spiro atoms. The van der Waals surface area contributed by atoms with Gasteiger partial charge in [0.15, 0.2) is 17.3 Å². The lowest BCUT2D eigenvalue weighted by Gasteiger charge is -2.22. The Bertz CT molecular complexity index is 475. The van der Waals surface area contributed by atoms with Crippen LogP contribution in [0.15, 0.2) is 18.2 Å². The molecule has 1 aromatic carbocycles. The Morgan fingerprint density at radius 1 is 1.11 bits per heavy atom. The minimum atomic E-state index is -1.18. The van der Waals surface area contributed by atoms with Crippen LogP contribution in [0.25, 0.3) is 0 Å². The smallest absolute Gasteiger partial charge is 0.194 e. The summed E-state index contributed by atoms with van der Waals surface area (Å²) < 4.78 is 10.9. The number of Topliss-reactive ketones (excluding diaryl/α,β-unsaturated/α-hetero) is 1. The van der Waals surface area contributed by atoms with Crippen molar-refractivity contribution in [1.29, 1.82) is 0 Å². The molecule has 96 valence electrons. The topological polar surface area (TPSA) is 55.8 Å². The Morgan fingerprint density at radius 3 is 2.50 bits per heavy atom. The van der Waals surface area contributed by atoms with Crippen LogP contribution in [0.2, 0.25) is 0 Å². The van der Waals surface area contributed by atoms with Crippen molar-refractivity contribution >= 4 is 5.78 Å². The van der Waals surface area contributed by atoms with Crippen LogP contribution in [0.1, 0.15) is 36.0 Å². The highest BCUT2D eigenvalue weighted by molar-refractivity contribution is 6.03. The van der Waals surface area contributed by atoms with Crippen molar-refractivity contribution in [1.82, 2.24) is 0 Å². The van der Waals surface area contributed by atoms with Crippen molar-refractivity contribution in [3.05, 3.63) is 23.8 Å². The standard InChI is InChI=1S/C14H16O4/c15-13(14(16)5-1-2-6-14)10-3-4-11-12(9-10)18-8-7-17-11/h3-4,9,16H,1-2,5-8H2. The molecule has 0 unspecified atom stereocenters. The fourth-order valence-electron chi connectivity index (χ4n) is 2.64. The molecule has 1 saturated carbocycles. The second kappa shape index (κ2) is 4.28. The monoisotopic (exact) mass is 248 g/mol. The van der Waals surface area contributed by atoms with Gasteiger partial charge in [-0.25, -0.2) is 0 Å². The summed E-state index contributed by atoms with van der Waals surface area (Å²) in [6.07, 6.45) is 2.93. The predicted molar refractivity (Wildman–Crippen MR) is 65.2 cm³/mol. The molecule has 1 heterocycles. The number of ether oxygens (including phenoxy) is 2. The first-order valence-corrected chi connectivity index (χ1v) is 6.36. The third-order valence-electron chi connectivity index (χ3n) is 3.66. The van der Waals surface area contributed by atoms with E-state index in [2.05, 4.69) is 0 Å². The van der Waals surface area contributed by atoms with Crippen molar-refractivity contribution in [2.24, 2.45) is 0 Å². The number of carbonyl (C=O) groups is 1. The molecule has 1 aliphatic carbocycles. The van der Waals surface area contributed by atoms with E-state index < -0.39 is 5.60 Å². The van der Waals surface area contributed by atoms with Gasteiger partial charge in [0.1, 0.15) is 18.8 Å². The summed E-state index contributed by atoms with van der Waals surface area (Å²) in [6.45, 7) is 1.03. The Labute approximate surface area is 106 Å². The summed E-state index contributed by atoms with van der Waals surface area (Å²) in [6, 6.07) is 5.11. The van der Waals surface area contributed by atoms with E-state index in [0.717, 1.165) is 12.8 Å². The second-order valence-corrected chi connectivity index (χ2v) is 4.93. The van der Waals surface area contributed by atoms with Crippen LogP contribution in [-0.4, -0.2) is 29.7 Å². The highest BCUT2D eigenvalue weighted by Crippen LogP contribution is 2.36. The Morgan fingerprint density at radius 2 is 1.78 bits per heavy atom. The molecule has 1 aromatic rings. The fourth-order valence-corrected chi connectivity index (χ4v) is 2.64. The third-order valence-corrected chi connectivity index (χ3v) is 3.66. The molecule has 3 rings (SSSR count). The van der Waals surface area contributed by atoms with E-state index in [4.69, 9.17) is 9.47 Å². The molecule has 2 aliphatic rings. The summed E-state index contributed by atoms with van der Waals surface area (Å²) in [5.41, 5.74) is -0.673. The van der Waals surface area contributed by atoms with E-state index in [1.807, 2.05) is 0 Å². The number of benzene rings is 1. The maximum absolute atomic E-state index is 12.3. The van der Waals surface area contributed by atoms with Crippen LogP contribution in [0.3, 0.4) is 0 Å². The largest absolute Gasteiger partial charge is 0.486 e. The molecular formula is C14H16O4. The molecule has 1 fully saturated rings. The fraction of sp³-hybridized carbons (Fsp3) is 0.500. The Kier molecular flexibility index (Phi) is 2.74. The summed E-state index contributed by atoms with van der Waals surface area (Å²) in [4.78, 5) is 12.3. The summed E-state index contributed by atoms with van der Waals surface area (Å²) >= 11 is 0. The Hall–Kier alpha value is -1.55. The molecule has 0 bridgehead atoms. The van der Waals surface area contributed by atoms with Gasteiger partial charge >= 0.3 is 0 Å². The number of carbonyl (C=O) groups excluding carboxylic acids is 1. The van der Waals surface area contributed by atoms with Crippen LogP contribution in [0.5, 0.6) is 11.5 Å². The number of hydrogen-bond donors (Lipinski definition) is 1. The number of rotatable bonds is 2. The second-order valence-electron chi connectivity index (χ2n) is 4.93. The molecule has 4 nitrogen and oxygen atoms in total. The van der Waals surface area contributed by atoms with Crippen LogP contribution in [0, 0.1) is 0 Å². The summed E-state index contributed by atoms with van der Waals surface area (Å²) in [5.74, 6) is 1.06. The number of hydrogen-bond acceptors (Lipinski definition) is 4. The molecule has 1 aliphatic heterocycles. The van der Waals surface area contributed by atoms with Gasteiger partial charge in [-0.2, -0.15) is 0 Å². The van der Waals surface area contributed by atoms with Gasteiger partial charge in [0.2, 0.25) is 0 Å². The minimum Gasteiger partial charge on any atom is -0.486 e. The summed E-state index contributed by atoms with van der Waals surface area (Å²) in [5, 5.41) is 10.3. The van der Waals surface area contributed by atoms with Crippen molar-refractivity contribution < 1.29 is 19.4 Å². The van der Waals surface area contributed by atoms with Gasteiger partial charge < -0.3 is 14.6 Å². The van der Waals surface area contributed by atoms with Gasteiger partial charge in [-0.3, -0.25) is 4.79 Å². The van der Waals surface area contributed by atoms with Crippen molar-refractivity contribution in [3.8, 4) is 11.5 Å². The summed E-state index contributed by atoms with van der Waals surface area (Å²) in [7, 11) is 0. The molecular weight excluding hydrogens is 232 g/mol. The van der Waals surface area contributed by atoms with Gasteiger partial charge in [-0.15, -0.1) is 0 Å². The van der Waals surface area contributed by atoms with Crippen molar-refractivity contribution in [2.75, 3.05) is 13.2 Å². The van der Waals surface area contributed by atoms with E-state index >= 15 is 0 Å². The van der Waals surface area contributed by atoms with E-state index in [-0.39, 0.29) is 5.78 Å². The molecule has 0 radical (unpaired) electrons. The van der Waals surface area contributed by atoms with Crippen molar-refractivity contribution in [2.45, 2.75) is 31.3 Å². The van der Waals surface area contributed by atoms with Gasteiger partial charge in [-0.05, 0) is 43.9 Å². The SMILES string of the molecule is O=C(c1ccc2c(c1)OCCO2)C1(O)CCCC1. The van der Waals surface area contributed by atoms with E-state index in [1.54, 1.807) is 18.2 Å². The van der Waals surface area contributed by atoms with Crippen LogP contribution >= 0.6 is 0 Å². The molecule has 0 aromatic heterocycles. The first-order chi connectivity index (χ1) is 8.69. The average molecular weight is 248 g/mol. The normalized spacial score (nSPS) is 20.7. The predicted octanol–water partition coefficient (Wildman–Crippen LogP) is 1.95. The number of ketones is 1. The van der Waals surface area contributed by atoms with Gasteiger partial charge in [0.25, 0.3) is 0 Å². The Balaban J connectivity index is 1.90. The lowest BCUT2D eigenvalue weighted by molar-refractivity contribution is 0.0352. The van der Waals surface area contributed by atoms with E-state index in [1.165, 1.54) is 0 Å². The molecule has 1 N–H and O–H groups in total. The van der Waals surface area contributed by atoms with Gasteiger partial charge in [0, 0.05) is 5.56 Å². The first-order valence-electron chi connectivity index (χ1n) is 6.36. The lowest BCUT2D eigenvalue weighted by atomic mass is 9.91. The molecule has 0 saturated heterocycles. The highest BCUT2D eigenvalue weighted by Gasteiger charge is 2.39. The van der Waals surface area contributed by atoms with Crippen LogP contribution in [-0.2, 0) is 0 Å². The average Bonchev–Trinajstić information content (AvgIpc) is 2.85. The number of fused-ring (bicyclic) bond motifs is 1. The third kappa shape index (κ3) is 1.86. The maximum Gasteiger partial charge on any atom is 0.194 e. The zero-order valence-electron chi connectivity index (χ0n) is 10.1. The van der Waals surface area contributed by atoms with Crippen LogP contribution < -0.4 is 9.47 Å². The lowest BCUT2D eigenvalue weighted by Crippen LogP contribution is -2.35. The van der Waals surface area contributed by atoms with Gasteiger partial charge in [-0.1, -0.05) is 0 Å². The van der Waals surface area contributed by atoms with Gasteiger partial charge in [0.05, 0.1) is 0 Å². The molecule has 4 heteroatoms. The molecule has 18 heavy (non-hydrogen) atoms. The minimum absolute atomic E-state index is 0.197. The zero-order chi connectivity index (χ0) is 12.6. The highest BCUT2D eigenvalue weighted by atomic mass is 16.6. The van der Waals surface area contributed by atoms with Crippen LogP contribution in [0.4, 0.5) is 0 Å². The van der Waals surface area contributed by atoms with Crippen molar-refractivity contribution in [3.63, 3.8) is 0 Å². The number of aliphatic hydroxyl groups is 1.